The molecule has 2 N–H and O–H groups in total. The summed E-state index contributed by atoms with van der Waals surface area (Å²) in [5.41, 5.74) is 1.65. The molecule has 1 aliphatic carbocycles. The highest BCUT2D eigenvalue weighted by molar-refractivity contribution is 7.18. The van der Waals surface area contributed by atoms with Crippen LogP contribution in [0.1, 0.15) is 32.1 Å². The molecule has 0 saturated heterocycles. The molecule has 6 heteroatoms. The Hall–Kier alpha value is -2.21. The fraction of sp³-hybridized carbons (Fsp3) is 0.353. The molecule has 23 heavy (non-hydrogen) atoms. The number of nitrogens with one attached hydrogen (secondary N) is 2. The second-order valence-electron chi connectivity index (χ2n) is 5.97. The van der Waals surface area contributed by atoms with Crippen molar-refractivity contribution in [3.8, 4) is 10.4 Å². The smallest absolute Gasteiger partial charge is 0.258 e. The third-order valence-electron chi connectivity index (χ3n) is 4.36. The Morgan fingerprint density at radius 1 is 1.17 bits per heavy atom. The van der Waals surface area contributed by atoms with Crippen molar-refractivity contribution < 1.29 is 0 Å². The first kappa shape index (κ1) is 14.4. The van der Waals surface area contributed by atoms with Gasteiger partial charge in [-0.25, -0.2) is 9.97 Å². The second kappa shape index (κ2) is 6.12. The van der Waals surface area contributed by atoms with Gasteiger partial charge in [-0.2, -0.15) is 0 Å². The van der Waals surface area contributed by atoms with Crippen LogP contribution in [0.3, 0.4) is 0 Å². The molecular weight excluding hydrogens is 308 g/mol. The zero-order valence-electron chi connectivity index (χ0n) is 12.7. The van der Waals surface area contributed by atoms with Crippen LogP contribution in [-0.4, -0.2) is 21.0 Å². The molecule has 118 valence electrons. The highest BCUT2D eigenvalue weighted by Crippen LogP contribution is 2.31. The summed E-state index contributed by atoms with van der Waals surface area (Å²) in [6, 6.07) is 6.28. The van der Waals surface area contributed by atoms with Crippen molar-refractivity contribution in [2.75, 3.05) is 5.32 Å². The molecule has 0 aliphatic heterocycles. The molecule has 1 aromatic carbocycles. The van der Waals surface area contributed by atoms with Crippen LogP contribution in [0.4, 0.5) is 5.13 Å². The standard InChI is InChI=1S/C17H18N4OS/c22-16-13-7-6-11(8-14(13)19-10-20-16)15-9-18-17(23-15)21-12-4-2-1-3-5-12/h6-10,12H,1-5H2,(H,18,21)(H,19,20,22). The van der Waals surface area contributed by atoms with E-state index < -0.39 is 0 Å². The summed E-state index contributed by atoms with van der Waals surface area (Å²) < 4.78 is 0. The maximum Gasteiger partial charge on any atom is 0.258 e. The van der Waals surface area contributed by atoms with Crippen LogP contribution < -0.4 is 10.9 Å². The van der Waals surface area contributed by atoms with Crippen molar-refractivity contribution in [2.45, 2.75) is 38.1 Å². The molecule has 2 heterocycles. The predicted molar refractivity (Wildman–Crippen MR) is 94.0 cm³/mol. The SMILES string of the molecule is O=c1[nH]cnc2cc(-c3cnc(NC4CCCCC4)s3)ccc12. The molecular formula is C17H18N4OS. The van der Waals surface area contributed by atoms with E-state index in [1.807, 2.05) is 24.4 Å². The van der Waals surface area contributed by atoms with Gasteiger partial charge in [0, 0.05) is 12.2 Å². The van der Waals surface area contributed by atoms with Gasteiger partial charge in [-0.1, -0.05) is 36.7 Å². The zero-order valence-corrected chi connectivity index (χ0v) is 13.5. The molecule has 0 atom stereocenters. The number of H-pyrrole nitrogens is 1. The van der Waals surface area contributed by atoms with Gasteiger partial charge in [0.15, 0.2) is 5.13 Å². The highest BCUT2D eigenvalue weighted by atomic mass is 32.1. The van der Waals surface area contributed by atoms with E-state index in [1.54, 1.807) is 11.3 Å². The van der Waals surface area contributed by atoms with Gasteiger partial charge in [-0.05, 0) is 30.5 Å². The molecule has 0 bridgehead atoms. The summed E-state index contributed by atoms with van der Waals surface area (Å²) >= 11 is 1.66. The van der Waals surface area contributed by atoms with Gasteiger partial charge in [0.25, 0.3) is 5.56 Å². The van der Waals surface area contributed by atoms with Gasteiger partial charge in [-0.15, -0.1) is 0 Å². The zero-order chi connectivity index (χ0) is 15.6. The monoisotopic (exact) mass is 326 g/mol. The Morgan fingerprint density at radius 2 is 2.04 bits per heavy atom. The first-order valence-electron chi connectivity index (χ1n) is 8.00. The summed E-state index contributed by atoms with van der Waals surface area (Å²) in [5, 5.41) is 5.14. The molecule has 2 aromatic heterocycles. The predicted octanol–water partition coefficient (Wildman–Crippen LogP) is 3.79. The number of hydrogen-bond donors (Lipinski definition) is 2. The Morgan fingerprint density at radius 3 is 2.91 bits per heavy atom. The van der Waals surface area contributed by atoms with Gasteiger partial charge in [0.1, 0.15) is 0 Å². The fourth-order valence-electron chi connectivity index (χ4n) is 3.12. The average Bonchev–Trinajstić information content (AvgIpc) is 3.04. The van der Waals surface area contributed by atoms with E-state index in [2.05, 4.69) is 20.3 Å². The first-order chi connectivity index (χ1) is 11.3. The van der Waals surface area contributed by atoms with Gasteiger partial charge in [0.05, 0.1) is 22.1 Å². The summed E-state index contributed by atoms with van der Waals surface area (Å²) in [5.74, 6) is 0. The third-order valence-corrected chi connectivity index (χ3v) is 5.34. The van der Waals surface area contributed by atoms with Crippen molar-refractivity contribution in [1.29, 1.82) is 0 Å². The van der Waals surface area contributed by atoms with E-state index in [-0.39, 0.29) is 5.56 Å². The minimum atomic E-state index is -0.106. The first-order valence-corrected chi connectivity index (χ1v) is 8.81. The van der Waals surface area contributed by atoms with E-state index >= 15 is 0 Å². The number of hydrogen-bond acceptors (Lipinski definition) is 5. The summed E-state index contributed by atoms with van der Waals surface area (Å²) in [7, 11) is 0. The molecule has 1 saturated carbocycles. The van der Waals surface area contributed by atoms with Crippen LogP contribution in [0.15, 0.2) is 35.5 Å². The summed E-state index contributed by atoms with van der Waals surface area (Å²) in [6.45, 7) is 0. The Labute approximate surface area is 137 Å². The molecule has 1 aliphatic rings. The molecule has 0 radical (unpaired) electrons. The topological polar surface area (TPSA) is 70.7 Å². The second-order valence-corrected chi connectivity index (χ2v) is 7.00. The minimum absolute atomic E-state index is 0.106. The van der Waals surface area contributed by atoms with E-state index in [4.69, 9.17) is 0 Å². The van der Waals surface area contributed by atoms with Crippen LogP contribution in [0, 0.1) is 0 Å². The third kappa shape index (κ3) is 2.99. The molecule has 5 nitrogen and oxygen atoms in total. The largest absolute Gasteiger partial charge is 0.359 e. The lowest BCUT2D eigenvalue weighted by Gasteiger charge is -2.22. The maximum atomic E-state index is 11.7. The quantitative estimate of drug-likeness (QED) is 0.768. The van der Waals surface area contributed by atoms with Crippen molar-refractivity contribution in [3.05, 3.63) is 41.1 Å². The number of fused-ring (bicyclic) bond motifs is 1. The number of anilines is 1. The van der Waals surface area contributed by atoms with E-state index in [0.29, 0.717) is 16.9 Å². The summed E-state index contributed by atoms with van der Waals surface area (Å²) in [6.07, 6.45) is 9.77. The molecule has 1 fully saturated rings. The van der Waals surface area contributed by atoms with Crippen LogP contribution in [-0.2, 0) is 0 Å². The lowest BCUT2D eigenvalue weighted by atomic mass is 9.96. The van der Waals surface area contributed by atoms with Crippen molar-refractivity contribution in [1.82, 2.24) is 15.0 Å². The molecule has 0 amide bonds. The van der Waals surface area contributed by atoms with Crippen molar-refractivity contribution in [3.63, 3.8) is 0 Å². The van der Waals surface area contributed by atoms with Gasteiger partial charge in [-0.3, -0.25) is 4.79 Å². The van der Waals surface area contributed by atoms with Crippen molar-refractivity contribution >= 4 is 27.4 Å². The van der Waals surface area contributed by atoms with Crippen LogP contribution in [0.25, 0.3) is 21.3 Å². The van der Waals surface area contributed by atoms with E-state index in [1.165, 1.54) is 38.4 Å². The Kier molecular flexibility index (Phi) is 3.83. The lowest BCUT2D eigenvalue weighted by Crippen LogP contribution is -2.21. The fourth-order valence-corrected chi connectivity index (χ4v) is 4.01. The molecule has 3 aromatic rings. The van der Waals surface area contributed by atoms with Gasteiger partial charge < -0.3 is 10.3 Å². The van der Waals surface area contributed by atoms with Crippen molar-refractivity contribution in [2.24, 2.45) is 0 Å². The van der Waals surface area contributed by atoms with Crippen LogP contribution >= 0.6 is 11.3 Å². The summed E-state index contributed by atoms with van der Waals surface area (Å²) in [4.78, 5) is 24.2. The van der Waals surface area contributed by atoms with E-state index in [9.17, 15) is 4.79 Å². The molecule has 0 spiro atoms. The average molecular weight is 326 g/mol. The van der Waals surface area contributed by atoms with Gasteiger partial charge >= 0.3 is 0 Å². The molecule has 4 rings (SSSR count). The number of rotatable bonds is 3. The number of aromatic nitrogens is 3. The lowest BCUT2D eigenvalue weighted by molar-refractivity contribution is 0.462. The normalized spacial score (nSPS) is 15.8. The number of nitrogens with zero attached hydrogens (tertiary/aromatic N) is 2. The highest BCUT2D eigenvalue weighted by Gasteiger charge is 2.15. The number of aromatic amines is 1. The molecule has 0 unspecified atom stereocenters. The number of benzene rings is 1. The number of thiazole rings is 1. The Bertz CT molecular complexity index is 879. The minimum Gasteiger partial charge on any atom is -0.359 e. The van der Waals surface area contributed by atoms with Crippen LogP contribution in [0.2, 0.25) is 0 Å². The Balaban J connectivity index is 1.59. The van der Waals surface area contributed by atoms with E-state index in [0.717, 1.165) is 15.6 Å². The maximum absolute atomic E-state index is 11.7. The van der Waals surface area contributed by atoms with Gasteiger partial charge in [0.2, 0.25) is 0 Å². The van der Waals surface area contributed by atoms with Crippen LogP contribution in [0.5, 0.6) is 0 Å².